The van der Waals surface area contributed by atoms with E-state index >= 15 is 0 Å². The average molecular weight is 226 g/mol. The molecule has 0 spiro atoms. The van der Waals surface area contributed by atoms with E-state index < -0.39 is 0 Å². The zero-order valence-electron chi connectivity index (χ0n) is 10.3. The van der Waals surface area contributed by atoms with Crippen LogP contribution in [-0.4, -0.2) is 31.3 Å². The van der Waals surface area contributed by atoms with Gasteiger partial charge in [-0.05, 0) is 25.7 Å². The van der Waals surface area contributed by atoms with Crippen molar-refractivity contribution in [1.82, 2.24) is 5.32 Å². The summed E-state index contributed by atoms with van der Waals surface area (Å²) < 4.78 is 5.66. The van der Waals surface area contributed by atoms with Crippen LogP contribution in [0.25, 0.3) is 0 Å². The van der Waals surface area contributed by atoms with Gasteiger partial charge in [0.2, 0.25) is 0 Å². The molecule has 1 aliphatic carbocycles. The summed E-state index contributed by atoms with van der Waals surface area (Å²) in [6, 6.07) is 0. The topological polar surface area (TPSA) is 47.3 Å². The largest absolute Gasteiger partial charge is 0.377 e. The van der Waals surface area contributed by atoms with E-state index in [0.29, 0.717) is 6.10 Å². The van der Waals surface area contributed by atoms with E-state index in [9.17, 15) is 0 Å². The molecule has 1 atom stereocenters. The second-order valence-corrected chi connectivity index (χ2v) is 5.41. The summed E-state index contributed by atoms with van der Waals surface area (Å²) in [5.41, 5.74) is 6.20. The van der Waals surface area contributed by atoms with Gasteiger partial charge in [-0.25, -0.2) is 0 Å². The second kappa shape index (κ2) is 5.99. The van der Waals surface area contributed by atoms with Gasteiger partial charge in [-0.2, -0.15) is 0 Å². The molecule has 0 aromatic heterocycles. The van der Waals surface area contributed by atoms with Crippen molar-refractivity contribution in [2.45, 2.75) is 63.0 Å². The molecule has 94 valence electrons. The third-order valence-corrected chi connectivity index (χ3v) is 4.18. The molecule has 1 unspecified atom stereocenters. The second-order valence-electron chi connectivity index (χ2n) is 5.41. The zero-order valence-corrected chi connectivity index (χ0v) is 10.3. The molecule has 1 saturated carbocycles. The van der Waals surface area contributed by atoms with Gasteiger partial charge in [0.05, 0.1) is 6.10 Å². The molecule has 3 heteroatoms. The Morgan fingerprint density at radius 2 is 1.88 bits per heavy atom. The monoisotopic (exact) mass is 226 g/mol. The van der Waals surface area contributed by atoms with Crippen LogP contribution in [0.4, 0.5) is 0 Å². The molecule has 1 heterocycles. The number of nitrogens with two attached hydrogens (primary N) is 1. The Hall–Kier alpha value is -0.120. The third kappa shape index (κ3) is 3.19. The maximum Gasteiger partial charge on any atom is 0.0700 e. The van der Waals surface area contributed by atoms with E-state index in [2.05, 4.69) is 5.32 Å². The van der Waals surface area contributed by atoms with E-state index in [1.54, 1.807) is 0 Å². The molecule has 0 aromatic rings. The van der Waals surface area contributed by atoms with Crippen molar-refractivity contribution >= 4 is 0 Å². The minimum absolute atomic E-state index is 0.211. The summed E-state index contributed by atoms with van der Waals surface area (Å²) in [4.78, 5) is 0. The highest BCUT2D eigenvalue weighted by molar-refractivity contribution is 4.91. The number of ether oxygens (including phenoxy) is 1. The van der Waals surface area contributed by atoms with Crippen molar-refractivity contribution in [2.24, 2.45) is 5.73 Å². The van der Waals surface area contributed by atoms with Crippen LogP contribution < -0.4 is 11.1 Å². The van der Waals surface area contributed by atoms with Gasteiger partial charge in [0, 0.05) is 25.2 Å². The molecule has 0 bridgehead atoms. The first-order chi connectivity index (χ1) is 7.85. The molecule has 3 nitrogen and oxygen atoms in total. The maximum absolute atomic E-state index is 5.99. The van der Waals surface area contributed by atoms with Gasteiger partial charge in [-0.15, -0.1) is 0 Å². The highest BCUT2D eigenvalue weighted by Gasteiger charge is 2.30. The number of hydrogen-bond acceptors (Lipinski definition) is 3. The van der Waals surface area contributed by atoms with Crippen LogP contribution in [0.2, 0.25) is 0 Å². The molecule has 1 saturated heterocycles. The molecule has 0 radical (unpaired) electrons. The number of rotatable bonds is 4. The average Bonchev–Trinajstić information content (AvgIpc) is 2.72. The minimum Gasteiger partial charge on any atom is -0.377 e. The SMILES string of the molecule is NCC1(NCC2CCCO2)CCCCCC1. The van der Waals surface area contributed by atoms with Crippen molar-refractivity contribution < 1.29 is 4.74 Å². The predicted molar refractivity (Wildman–Crippen MR) is 66.5 cm³/mol. The van der Waals surface area contributed by atoms with E-state index in [0.717, 1.165) is 19.7 Å². The van der Waals surface area contributed by atoms with Crippen molar-refractivity contribution in [3.63, 3.8) is 0 Å². The summed E-state index contributed by atoms with van der Waals surface area (Å²) in [6.07, 6.45) is 10.8. The van der Waals surface area contributed by atoms with Gasteiger partial charge < -0.3 is 15.8 Å². The molecule has 16 heavy (non-hydrogen) atoms. The highest BCUT2D eigenvalue weighted by Crippen LogP contribution is 2.26. The van der Waals surface area contributed by atoms with Crippen molar-refractivity contribution in [1.29, 1.82) is 0 Å². The number of nitrogens with one attached hydrogen (secondary N) is 1. The summed E-state index contributed by atoms with van der Waals surface area (Å²) in [5.74, 6) is 0. The fourth-order valence-corrected chi connectivity index (χ4v) is 2.99. The summed E-state index contributed by atoms with van der Waals surface area (Å²) in [7, 11) is 0. The predicted octanol–water partition coefficient (Wildman–Crippen LogP) is 1.81. The van der Waals surface area contributed by atoms with E-state index in [1.807, 2.05) is 0 Å². The Kier molecular flexibility index (Phi) is 4.62. The third-order valence-electron chi connectivity index (χ3n) is 4.18. The van der Waals surface area contributed by atoms with Gasteiger partial charge in [-0.1, -0.05) is 25.7 Å². The normalized spacial score (nSPS) is 30.2. The first-order valence-corrected chi connectivity index (χ1v) is 6.91. The highest BCUT2D eigenvalue weighted by atomic mass is 16.5. The minimum atomic E-state index is 0.211. The molecular formula is C13H26N2O. The lowest BCUT2D eigenvalue weighted by atomic mass is 9.90. The molecule has 0 aromatic carbocycles. The lowest BCUT2D eigenvalue weighted by Gasteiger charge is -2.34. The Bertz CT molecular complexity index is 194. The van der Waals surface area contributed by atoms with Crippen LogP contribution >= 0.6 is 0 Å². The lowest BCUT2D eigenvalue weighted by Crippen LogP contribution is -2.53. The summed E-state index contributed by atoms with van der Waals surface area (Å²) >= 11 is 0. The fourth-order valence-electron chi connectivity index (χ4n) is 2.99. The van der Waals surface area contributed by atoms with Crippen LogP contribution in [0.15, 0.2) is 0 Å². The van der Waals surface area contributed by atoms with Gasteiger partial charge in [0.15, 0.2) is 0 Å². The molecular weight excluding hydrogens is 200 g/mol. The molecule has 2 rings (SSSR count). The lowest BCUT2D eigenvalue weighted by molar-refractivity contribution is 0.0988. The van der Waals surface area contributed by atoms with E-state index in [1.165, 1.54) is 51.4 Å². The molecule has 0 amide bonds. The van der Waals surface area contributed by atoms with Gasteiger partial charge in [0.1, 0.15) is 0 Å². The summed E-state index contributed by atoms with van der Waals surface area (Å²) in [5, 5.41) is 3.72. The molecule has 2 fully saturated rings. The number of hydrogen-bond donors (Lipinski definition) is 2. The van der Waals surface area contributed by atoms with E-state index in [-0.39, 0.29) is 5.54 Å². The Labute approximate surface area is 99.1 Å². The quantitative estimate of drug-likeness (QED) is 0.719. The molecule has 3 N–H and O–H groups in total. The zero-order chi connectivity index (χ0) is 11.3. The Morgan fingerprint density at radius 1 is 1.12 bits per heavy atom. The smallest absolute Gasteiger partial charge is 0.0700 e. The molecule has 2 aliphatic rings. The van der Waals surface area contributed by atoms with Gasteiger partial charge >= 0.3 is 0 Å². The van der Waals surface area contributed by atoms with Crippen molar-refractivity contribution in [3.8, 4) is 0 Å². The Morgan fingerprint density at radius 3 is 2.44 bits per heavy atom. The van der Waals surface area contributed by atoms with Gasteiger partial charge in [-0.3, -0.25) is 0 Å². The maximum atomic E-state index is 5.99. The van der Waals surface area contributed by atoms with E-state index in [4.69, 9.17) is 10.5 Å². The van der Waals surface area contributed by atoms with Crippen LogP contribution in [0.3, 0.4) is 0 Å². The first kappa shape index (κ1) is 12.3. The van der Waals surface area contributed by atoms with Crippen molar-refractivity contribution in [2.75, 3.05) is 19.7 Å². The van der Waals surface area contributed by atoms with Crippen LogP contribution in [-0.2, 0) is 4.74 Å². The summed E-state index contributed by atoms with van der Waals surface area (Å²) in [6.45, 7) is 2.72. The first-order valence-electron chi connectivity index (χ1n) is 6.91. The van der Waals surface area contributed by atoms with Crippen molar-refractivity contribution in [3.05, 3.63) is 0 Å². The van der Waals surface area contributed by atoms with Gasteiger partial charge in [0.25, 0.3) is 0 Å². The van der Waals surface area contributed by atoms with Crippen LogP contribution in [0.1, 0.15) is 51.4 Å². The standard InChI is InChI=1S/C13H26N2O/c14-11-13(7-3-1-2-4-8-13)15-10-12-6-5-9-16-12/h12,15H,1-11,14H2. The molecule has 1 aliphatic heterocycles. The Balaban J connectivity index is 1.81. The van der Waals surface area contributed by atoms with Crippen LogP contribution in [0, 0.1) is 0 Å². The fraction of sp³-hybridized carbons (Fsp3) is 1.00. The van der Waals surface area contributed by atoms with Crippen LogP contribution in [0.5, 0.6) is 0 Å².